The summed E-state index contributed by atoms with van der Waals surface area (Å²) in [5.74, 6) is 0. The van der Waals surface area contributed by atoms with Crippen molar-refractivity contribution in [2.75, 3.05) is 0 Å². The lowest BCUT2D eigenvalue weighted by Crippen LogP contribution is -2.48. The monoisotopic (exact) mass is 248 g/mol. The Morgan fingerprint density at radius 1 is 1.29 bits per heavy atom. The smallest absolute Gasteiger partial charge is 0.0893 e. The molecule has 0 saturated heterocycles. The summed E-state index contributed by atoms with van der Waals surface area (Å²) in [6, 6.07) is 9.86. The molecule has 3 N–H and O–H groups in total. The first-order valence-corrected chi connectivity index (χ1v) is 6.19. The van der Waals surface area contributed by atoms with Gasteiger partial charge < -0.3 is 10.9 Å². The molecule has 1 fully saturated rings. The Bertz CT molecular complexity index is 444. The zero-order valence-corrected chi connectivity index (χ0v) is 10.4. The lowest BCUT2D eigenvalue weighted by atomic mass is 9.68. The van der Waals surface area contributed by atoms with E-state index in [1.165, 1.54) is 0 Å². The van der Waals surface area contributed by atoms with Crippen LogP contribution >= 0.6 is 12.2 Å². The molecule has 0 aliphatic heterocycles. The number of nitrogens with two attached hydrogens (primary N) is 1. The van der Waals surface area contributed by atoms with E-state index in [4.69, 9.17) is 18.0 Å². The summed E-state index contributed by atoms with van der Waals surface area (Å²) in [6.45, 7) is 0. The molecular formula is C13H16N2OS. The highest BCUT2D eigenvalue weighted by Gasteiger charge is 2.42. The van der Waals surface area contributed by atoms with E-state index < -0.39 is 5.41 Å². The second-order valence-corrected chi connectivity index (χ2v) is 4.83. The molecule has 1 unspecified atom stereocenters. The molecule has 0 aromatic heterocycles. The molecule has 0 bridgehead atoms. The van der Waals surface area contributed by atoms with E-state index in [1.54, 1.807) is 0 Å². The van der Waals surface area contributed by atoms with Gasteiger partial charge in [-0.15, -0.1) is 0 Å². The van der Waals surface area contributed by atoms with Crippen LogP contribution in [0, 0.1) is 0 Å². The Balaban J connectivity index is 2.56. The highest BCUT2D eigenvalue weighted by Crippen LogP contribution is 2.37. The Morgan fingerprint density at radius 3 is 2.59 bits per heavy atom. The van der Waals surface area contributed by atoms with Crippen LogP contribution in [0.4, 0.5) is 0 Å². The van der Waals surface area contributed by atoms with Crippen LogP contribution in [0.5, 0.6) is 0 Å². The molecule has 1 saturated carbocycles. The van der Waals surface area contributed by atoms with Crippen molar-refractivity contribution in [2.45, 2.75) is 31.1 Å². The third kappa shape index (κ3) is 1.93. The van der Waals surface area contributed by atoms with Gasteiger partial charge in [0.1, 0.15) is 0 Å². The summed E-state index contributed by atoms with van der Waals surface area (Å²) < 4.78 is 0. The third-order valence-electron chi connectivity index (χ3n) is 3.52. The van der Waals surface area contributed by atoms with E-state index in [0.717, 1.165) is 31.2 Å². The predicted molar refractivity (Wildman–Crippen MR) is 72.6 cm³/mol. The van der Waals surface area contributed by atoms with Crippen LogP contribution in [0.25, 0.3) is 0 Å². The second-order valence-electron chi connectivity index (χ2n) is 4.39. The zero-order chi connectivity index (χ0) is 12.3. The average molecular weight is 248 g/mol. The van der Waals surface area contributed by atoms with Crippen molar-refractivity contribution in [3.8, 4) is 0 Å². The van der Waals surface area contributed by atoms with Crippen LogP contribution in [-0.4, -0.2) is 15.9 Å². The van der Waals surface area contributed by atoms with Crippen molar-refractivity contribution in [3.63, 3.8) is 0 Å². The largest absolute Gasteiger partial charge is 0.411 e. The predicted octanol–water partition coefficient (Wildman–Crippen LogP) is 2.61. The summed E-state index contributed by atoms with van der Waals surface area (Å²) in [6.07, 6.45) is 3.65. The maximum atomic E-state index is 9.21. The van der Waals surface area contributed by atoms with Crippen LogP contribution in [0.2, 0.25) is 0 Å². The standard InChI is InChI=1S/C13H16N2OS/c14-12(17)13(10-6-2-1-3-7-10)9-5-4-8-11(13)15-16/h1-3,6-7,16H,4-5,8-9H2,(H2,14,17)/b15-11-. The first kappa shape index (κ1) is 12.0. The van der Waals surface area contributed by atoms with E-state index in [2.05, 4.69) is 5.16 Å². The summed E-state index contributed by atoms with van der Waals surface area (Å²) >= 11 is 5.24. The third-order valence-corrected chi connectivity index (χ3v) is 3.86. The van der Waals surface area contributed by atoms with Crippen molar-refractivity contribution >= 4 is 22.9 Å². The SMILES string of the molecule is NC(=S)C1(c2ccccc2)CCCC/C1=N/O. The van der Waals surface area contributed by atoms with Gasteiger partial charge in [0, 0.05) is 0 Å². The van der Waals surface area contributed by atoms with Crippen LogP contribution in [0.15, 0.2) is 35.5 Å². The molecule has 0 heterocycles. The molecule has 0 amide bonds. The number of hydrogen-bond acceptors (Lipinski definition) is 3. The maximum Gasteiger partial charge on any atom is 0.0893 e. The van der Waals surface area contributed by atoms with E-state index >= 15 is 0 Å². The van der Waals surface area contributed by atoms with Gasteiger partial charge in [0.15, 0.2) is 0 Å². The fourth-order valence-electron chi connectivity index (χ4n) is 2.62. The number of rotatable bonds is 2. The number of benzene rings is 1. The van der Waals surface area contributed by atoms with Gasteiger partial charge in [-0.3, -0.25) is 0 Å². The first-order chi connectivity index (χ1) is 8.21. The van der Waals surface area contributed by atoms with Crippen molar-refractivity contribution in [1.29, 1.82) is 0 Å². The number of thiocarbonyl (C=S) groups is 1. The Morgan fingerprint density at radius 2 is 2.00 bits per heavy atom. The fourth-order valence-corrected chi connectivity index (χ4v) is 2.95. The molecule has 17 heavy (non-hydrogen) atoms. The normalized spacial score (nSPS) is 26.9. The van der Waals surface area contributed by atoms with Gasteiger partial charge in [0.05, 0.1) is 16.1 Å². The van der Waals surface area contributed by atoms with E-state index in [-0.39, 0.29) is 0 Å². The summed E-state index contributed by atoms with van der Waals surface area (Å²) in [5, 5.41) is 12.7. The van der Waals surface area contributed by atoms with Crippen molar-refractivity contribution < 1.29 is 5.21 Å². The molecule has 1 atom stereocenters. The molecule has 0 radical (unpaired) electrons. The lowest BCUT2D eigenvalue weighted by Gasteiger charge is -2.37. The average Bonchev–Trinajstić information content (AvgIpc) is 2.39. The second kappa shape index (κ2) is 4.84. The molecule has 2 rings (SSSR count). The topological polar surface area (TPSA) is 58.6 Å². The van der Waals surface area contributed by atoms with Crippen molar-refractivity contribution in [1.82, 2.24) is 0 Å². The van der Waals surface area contributed by atoms with Gasteiger partial charge in [-0.05, 0) is 24.8 Å². The Labute approximate surface area is 106 Å². The summed E-state index contributed by atoms with van der Waals surface area (Å²) in [7, 11) is 0. The molecule has 1 aromatic carbocycles. The highest BCUT2D eigenvalue weighted by molar-refractivity contribution is 7.80. The highest BCUT2D eigenvalue weighted by atomic mass is 32.1. The molecule has 1 aromatic rings. The minimum absolute atomic E-state index is 0.399. The molecule has 1 aliphatic rings. The summed E-state index contributed by atoms with van der Waals surface area (Å²) in [5.41, 5.74) is 7.11. The van der Waals surface area contributed by atoms with Gasteiger partial charge in [-0.2, -0.15) is 0 Å². The number of oxime groups is 1. The quantitative estimate of drug-likeness (QED) is 0.480. The van der Waals surface area contributed by atoms with E-state index in [1.807, 2.05) is 30.3 Å². The van der Waals surface area contributed by atoms with Crippen LogP contribution in [0.1, 0.15) is 31.2 Å². The lowest BCUT2D eigenvalue weighted by molar-refractivity contribution is 0.310. The molecule has 1 aliphatic carbocycles. The van der Waals surface area contributed by atoms with Gasteiger partial charge in [-0.1, -0.05) is 54.1 Å². The molecule has 3 nitrogen and oxygen atoms in total. The minimum Gasteiger partial charge on any atom is -0.411 e. The van der Waals surface area contributed by atoms with Gasteiger partial charge in [-0.25, -0.2) is 0 Å². The fraction of sp³-hybridized carbons (Fsp3) is 0.385. The van der Waals surface area contributed by atoms with E-state index in [0.29, 0.717) is 10.7 Å². The Kier molecular flexibility index (Phi) is 3.43. The van der Waals surface area contributed by atoms with Gasteiger partial charge >= 0.3 is 0 Å². The number of nitrogens with zero attached hydrogens (tertiary/aromatic N) is 1. The summed E-state index contributed by atoms with van der Waals surface area (Å²) in [4.78, 5) is 0.399. The molecular weight excluding hydrogens is 232 g/mol. The molecule has 0 spiro atoms. The van der Waals surface area contributed by atoms with Crippen LogP contribution < -0.4 is 5.73 Å². The Hall–Kier alpha value is -1.42. The maximum absolute atomic E-state index is 9.21. The minimum atomic E-state index is -0.552. The van der Waals surface area contributed by atoms with Crippen LogP contribution in [0.3, 0.4) is 0 Å². The van der Waals surface area contributed by atoms with Crippen molar-refractivity contribution in [2.24, 2.45) is 10.9 Å². The van der Waals surface area contributed by atoms with Crippen LogP contribution in [-0.2, 0) is 5.41 Å². The first-order valence-electron chi connectivity index (χ1n) is 5.78. The molecule has 90 valence electrons. The van der Waals surface area contributed by atoms with E-state index in [9.17, 15) is 5.21 Å². The molecule has 4 heteroatoms. The van der Waals surface area contributed by atoms with Gasteiger partial charge in [0.25, 0.3) is 0 Å². The zero-order valence-electron chi connectivity index (χ0n) is 9.60. The number of hydrogen-bond donors (Lipinski definition) is 2. The van der Waals surface area contributed by atoms with Gasteiger partial charge in [0.2, 0.25) is 0 Å². The van der Waals surface area contributed by atoms with Crippen molar-refractivity contribution in [3.05, 3.63) is 35.9 Å².